The summed E-state index contributed by atoms with van der Waals surface area (Å²) in [6.45, 7) is 1.82. The van der Waals surface area contributed by atoms with E-state index in [1.165, 1.54) is 0 Å². The third-order valence-corrected chi connectivity index (χ3v) is 3.71. The minimum atomic E-state index is -0.418. The Kier molecular flexibility index (Phi) is 4.87. The number of rotatable bonds is 4. The molecular formula is C15H19N3O3S. The zero-order valence-electron chi connectivity index (χ0n) is 12.9. The number of benzene rings is 1. The molecule has 0 bridgehead atoms. The van der Waals surface area contributed by atoms with E-state index in [-0.39, 0.29) is 5.91 Å². The van der Waals surface area contributed by atoms with Crippen LogP contribution in [0.15, 0.2) is 29.5 Å². The van der Waals surface area contributed by atoms with Gasteiger partial charge in [0, 0.05) is 18.3 Å². The molecule has 1 aliphatic rings. The van der Waals surface area contributed by atoms with Crippen molar-refractivity contribution in [3.05, 3.63) is 35.0 Å². The quantitative estimate of drug-likeness (QED) is 0.725. The van der Waals surface area contributed by atoms with E-state index in [1.807, 2.05) is 13.0 Å². The fourth-order valence-corrected chi connectivity index (χ4v) is 2.70. The average molecular weight is 321 g/mol. The first kappa shape index (κ1) is 16.1. The molecule has 1 atom stereocenters. The van der Waals surface area contributed by atoms with Crippen molar-refractivity contribution in [1.29, 1.82) is 0 Å². The first-order valence-corrected chi connectivity index (χ1v) is 7.15. The summed E-state index contributed by atoms with van der Waals surface area (Å²) in [7, 11) is 4.77. The summed E-state index contributed by atoms with van der Waals surface area (Å²) in [5, 5.41) is 9.21. The molecule has 0 saturated heterocycles. The SMILES string of the molecule is CNC(=O)C1=C(C)NC(=S)N[C@@H]1c1cc(OC)ccc1OC. The third-order valence-electron chi connectivity index (χ3n) is 3.49. The Morgan fingerprint density at radius 1 is 1.32 bits per heavy atom. The monoisotopic (exact) mass is 321 g/mol. The third kappa shape index (κ3) is 2.99. The topological polar surface area (TPSA) is 71.6 Å². The number of likely N-dealkylation sites (N-methyl/N-ethyl adjacent to an activating group) is 1. The van der Waals surface area contributed by atoms with Crippen LogP contribution >= 0.6 is 12.2 Å². The van der Waals surface area contributed by atoms with Crippen LogP contribution in [-0.4, -0.2) is 32.3 Å². The summed E-state index contributed by atoms with van der Waals surface area (Å²) in [5.74, 6) is 1.14. The van der Waals surface area contributed by atoms with Crippen LogP contribution in [0.1, 0.15) is 18.5 Å². The molecule has 0 fully saturated rings. The molecule has 0 spiro atoms. The second-order valence-corrected chi connectivity index (χ2v) is 5.17. The predicted molar refractivity (Wildman–Crippen MR) is 87.9 cm³/mol. The minimum absolute atomic E-state index is 0.185. The normalized spacial score (nSPS) is 17.5. The second-order valence-electron chi connectivity index (χ2n) is 4.76. The number of hydrogen-bond donors (Lipinski definition) is 3. The lowest BCUT2D eigenvalue weighted by molar-refractivity contribution is -0.117. The number of thiocarbonyl (C=S) groups is 1. The summed E-state index contributed by atoms with van der Waals surface area (Å²) in [4.78, 5) is 12.3. The summed E-state index contributed by atoms with van der Waals surface area (Å²) in [5.41, 5.74) is 2.05. The molecule has 1 aromatic carbocycles. The molecule has 1 amide bonds. The van der Waals surface area contributed by atoms with E-state index in [0.29, 0.717) is 27.9 Å². The lowest BCUT2D eigenvalue weighted by atomic mass is 9.94. The van der Waals surface area contributed by atoms with Gasteiger partial charge in [-0.1, -0.05) is 0 Å². The van der Waals surface area contributed by atoms with Gasteiger partial charge in [-0.15, -0.1) is 0 Å². The van der Waals surface area contributed by atoms with Gasteiger partial charge in [-0.3, -0.25) is 4.79 Å². The first-order chi connectivity index (χ1) is 10.5. The molecule has 0 aliphatic carbocycles. The van der Waals surface area contributed by atoms with Crippen LogP contribution < -0.4 is 25.4 Å². The van der Waals surface area contributed by atoms with Crippen molar-refractivity contribution in [3.63, 3.8) is 0 Å². The van der Waals surface area contributed by atoms with E-state index in [1.54, 1.807) is 33.4 Å². The Bertz CT molecular complexity index is 643. The first-order valence-electron chi connectivity index (χ1n) is 6.74. The van der Waals surface area contributed by atoms with Crippen LogP contribution in [0.3, 0.4) is 0 Å². The second kappa shape index (κ2) is 6.65. The van der Waals surface area contributed by atoms with Crippen molar-refractivity contribution in [1.82, 2.24) is 16.0 Å². The lowest BCUT2D eigenvalue weighted by Crippen LogP contribution is -2.46. The Hall–Kier alpha value is -2.28. The molecule has 22 heavy (non-hydrogen) atoms. The summed E-state index contributed by atoms with van der Waals surface area (Å²) in [6.07, 6.45) is 0. The fourth-order valence-electron chi connectivity index (χ4n) is 2.43. The molecule has 0 radical (unpaired) electrons. The van der Waals surface area contributed by atoms with E-state index in [9.17, 15) is 4.79 Å². The number of carbonyl (C=O) groups is 1. The standard InChI is InChI=1S/C15H19N3O3S/c1-8-12(14(19)16-2)13(18-15(22)17-8)10-7-9(20-3)5-6-11(10)21-4/h5-7,13H,1-4H3,(H,16,19)(H2,17,18,22)/t13-/m1/s1. The number of amides is 1. The zero-order valence-corrected chi connectivity index (χ0v) is 13.8. The van der Waals surface area contributed by atoms with Crippen molar-refractivity contribution in [2.45, 2.75) is 13.0 Å². The van der Waals surface area contributed by atoms with E-state index < -0.39 is 6.04 Å². The molecule has 6 nitrogen and oxygen atoms in total. The van der Waals surface area contributed by atoms with Crippen LogP contribution in [0.4, 0.5) is 0 Å². The highest BCUT2D eigenvalue weighted by molar-refractivity contribution is 7.80. The molecule has 2 rings (SSSR count). The maximum atomic E-state index is 12.3. The van der Waals surface area contributed by atoms with Crippen molar-refractivity contribution < 1.29 is 14.3 Å². The van der Waals surface area contributed by atoms with Gasteiger partial charge in [-0.05, 0) is 37.3 Å². The van der Waals surface area contributed by atoms with Gasteiger partial charge in [-0.25, -0.2) is 0 Å². The number of ether oxygens (including phenoxy) is 2. The number of methoxy groups -OCH3 is 2. The van der Waals surface area contributed by atoms with Crippen LogP contribution in [-0.2, 0) is 4.79 Å². The Morgan fingerprint density at radius 3 is 2.64 bits per heavy atom. The number of nitrogens with one attached hydrogen (secondary N) is 3. The van der Waals surface area contributed by atoms with Crippen molar-refractivity contribution in [3.8, 4) is 11.5 Å². The molecule has 7 heteroatoms. The molecule has 1 heterocycles. The molecule has 3 N–H and O–H groups in total. The Balaban J connectivity index is 2.59. The number of allylic oxidation sites excluding steroid dienone is 1. The van der Waals surface area contributed by atoms with Crippen molar-refractivity contribution in [2.75, 3.05) is 21.3 Å². The summed E-state index contributed by atoms with van der Waals surface area (Å²) < 4.78 is 10.7. The lowest BCUT2D eigenvalue weighted by Gasteiger charge is -2.31. The summed E-state index contributed by atoms with van der Waals surface area (Å²) >= 11 is 5.22. The highest BCUT2D eigenvalue weighted by Crippen LogP contribution is 2.35. The Labute approximate surface area is 134 Å². The van der Waals surface area contributed by atoms with E-state index in [2.05, 4.69) is 16.0 Å². The van der Waals surface area contributed by atoms with E-state index in [0.717, 1.165) is 5.56 Å². The van der Waals surface area contributed by atoms with Crippen LogP contribution in [0, 0.1) is 0 Å². The smallest absolute Gasteiger partial charge is 0.251 e. The Morgan fingerprint density at radius 2 is 2.05 bits per heavy atom. The zero-order chi connectivity index (χ0) is 16.3. The predicted octanol–water partition coefficient (Wildman–Crippen LogP) is 1.24. The van der Waals surface area contributed by atoms with Gasteiger partial charge < -0.3 is 25.4 Å². The average Bonchev–Trinajstić information content (AvgIpc) is 2.52. The molecule has 0 saturated carbocycles. The van der Waals surface area contributed by atoms with E-state index >= 15 is 0 Å². The molecule has 1 aliphatic heterocycles. The maximum absolute atomic E-state index is 12.3. The van der Waals surface area contributed by atoms with Crippen LogP contribution in [0.5, 0.6) is 11.5 Å². The highest BCUT2D eigenvalue weighted by atomic mass is 32.1. The van der Waals surface area contributed by atoms with Crippen LogP contribution in [0.2, 0.25) is 0 Å². The van der Waals surface area contributed by atoms with Gasteiger partial charge in [0.15, 0.2) is 5.11 Å². The van der Waals surface area contributed by atoms with Gasteiger partial charge in [0.05, 0.1) is 25.8 Å². The molecular weight excluding hydrogens is 302 g/mol. The van der Waals surface area contributed by atoms with Gasteiger partial charge in [0.2, 0.25) is 0 Å². The maximum Gasteiger partial charge on any atom is 0.251 e. The van der Waals surface area contributed by atoms with E-state index in [4.69, 9.17) is 21.7 Å². The van der Waals surface area contributed by atoms with Gasteiger partial charge >= 0.3 is 0 Å². The molecule has 0 aromatic heterocycles. The largest absolute Gasteiger partial charge is 0.497 e. The molecule has 0 unspecified atom stereocenters. The van der Waals surface area contributed by atoms with Crippen molar-refractivity contribution >= 4 is 23.2 Å². The van der Waals surface area contributed by atoms with Crippen LogP contribution in [0.25, 0.3) is 0 Å². The number of hydrogen-bond acceptors (Lipinski definition) is 4. The molecule has 118 valence electrons. The highest BCUT2D eigenvalue weighted by Gasteiger charge is 2.31. The fraction of sp³-hybridized carbons (Fsp3) is 0.333. The van der Waals surface area contributed by atoms with Gasteiger partial charge in [0.25, 0.3) is 5.91 Å². The number of carbonyl (C=O) groups excluding carboxylic acids is 1. The summed E-state index contributed by atoms with van der Waals surface area (Å²) in [6, 6.07) is 5.02. The van der Waals surface area contributed by atoms with Crippen molar-refractivity contribution in [2.24, 2.45) is 0 Å². The van der Waals surface area contributed by atoms with Gasteiger partial charge in [-0.2, -0.15) is 0 Å². The molecule has 1 aromatic rings. The van der Waals surface area contributed by atoms with Gasteiger partial charge in [0.1, 0.15) is 11.5 Å². The minimum Gasteiger partial charge on any atom is -0.497 e.